The number of ketones is 2. The van der Waals surface area contributed by atoms with Gasteiger partial charge in [-0.25, -0.2) is 0 Å². The largest absolute Gasteiger partial charge is 0.397 e. The first-order valence-corrected chi connectivity index (χ1v) is 9.26. The summed E-state index contributed by atoms with van der Waals surface area (Å²) in [4.78, 5) is 25.5. The standard InChI is InChI=1S/C16H24O4Si/c1-6-21(19-4,20-5)16(14(17)12(2)3)15(18)13-10-8-7-9-11-13/h7-12,16H,6H2,1-5H3. The van der Waals surface area contributed by atoms with Crippen LogP contribution in [0.3, 0.4) is 0 Å². The van der Waals surface area contributed by atoms with Crippen LogP contribution in [0, 0.1) is 5.92 Å². The van der Waals surface area contributed by atoms with E-state index >= 15 is 0 Å². The molecular weight excluding hydrogens is 284 g/mol. The van der Waals surface area contributed by atoms with E-state index in [0.717, 1.165) is 0 Å². The zero-order valence-electron chi connectivity index (χ0n) is 13.4. The minimum Gasteiger partial charge on any atom is -0.397 e. The first-order valence-electron chi connectivity index (χ1n) is 7.16. The van der Waals surface area contributed by atoms with Crippen LogP contribution in [0.25, 0.3) is 0 Å². The van der Waals surface area contributed by atoms with Gasteiger partial charge in [0, 0.05) is 25.7 Å². The second-order valence-electron chi connectivity index (χ2n) is 5.29. The van der Waals surface area contributed by atoms with Gasteiger partial charge in [-0.2, -0.15) is 0 Å². The highest BCUT2D eigenvalue weighted by Crippen LogP contribution is 2.33. The molecule has 4 nitrogen and oxygen atoms in total. The Kier molecular flexibility index (Phi) is 6.45. The van der Waals surface area contributed by atoms with Gasteiger partial charge in [0.15, 0.2) is 5.78 Å². The van der Waals surface area contributed by atoms with E-state index in [2.05, 4.69) is 0 Å². The molecule has 0 radical (unpaired) electrons. The molecule has 5 heteroatoms. The molecule has 116 valence electrons. The summed E-state index contributed by atoms with van der Waals surface area (Å²) >= 11 is 0. The molecule has 0 spiro atoms. The molecule has 0 aliphatic carbocycles. The van der Waals surface area contributed by atoms with Crippen molar-refractivity contribution < 1.29 is 18.4 Å². The third-order valence-electron chi connectivity index (χ3n) is 3.80. The van der Waals surface area contributed by atoms with Crippen molar-refractivity contribution in [1.82, 2.24) is 0 Å². The number of hydrogen-bond donors (Lipinski definition) is 0. The van der Waals surface area contributed by atoms with Crippen LogP contribution in [0.5, 0.6) is 0 Å². The molecule has 0 saturated heterocycles. The van der Waals surface area contributed by atoms with Crippen molar-refractivity contribution in [3.05, 3.63) is 35.9 Å². The van der Waals surface area contributed by atoms with Gasteiger partial charge >= 0.3 is 8.56 Å². The van der Waals surface area contributed by atoms with Crippen LogP contribution >= 0.6 is 0 Å². The predicted molar refractivity (Wildman–Crippen MR) is 84.6 cm³/mol. The van der Waals surface area contributed by atoms with Gasteiger partial charge in [0.05, 0.1) is 0 Å². The summed E-state index contributed by atoms with van der Waals surface area (Å²) in [5, 5.41) is 0. The van der Waals surface area contributed by atoms with Gasteiger partial charge in [0.25, 0.3) is 0 Å². The summed E-state index contributed by atoms with van der Waals surface area (Å²) in [6.45, 7) is 5.50. The van der Waals surface area contributed by atoms with Crippen molar-refractivity contribution in [2.45, 2.75) is 32.4 Å². The highest BCUT2D eigenvalue weighted by atomic mass is 28.4. The molecule has 0 amide bonds. The Balaban J connectivity index is 3.32. The minimum absolute atomic E-state index is 0.110. The summed E-state index contributed by atoms with van der Waals surface area (Å²) in [5.74, 6) is -0.557. The van der Waals surface area contributed by atoms with Crippen LogP contribution < -0.4 is 0 Å². The lowest BCUT2D eigenvalue weighted by atomic mass is 9.99. The lowest BCUT2D eigenvalue weighted by molar-refractivity contribution is -0.121. The van der Waals surface area contributed by atoms with E-state index < -0.39 is 14.1 Å². The molecule has 0 aliphatic rings. The van der Waals surface area contributed by atoms with Gasteiger partial charge in [-0.05, 0) is 6.04 Å². The van der Waals surface area contributed by atoms with Crippen molar-refractivity contribution in [2.75, 3.05) is 14.2 Å². The lowest BCUT2D eigenvalue weighted by Gasteiger charge is -2.33. The Hall–Kier alpha value is -1.30. The van der Waals surface area contributed by atoms with Crippen LogP contribution in [-0.2, 0) is 13.6 Å². The molecule has 0 aliphatic heterocycles. The van der Waals surface area contributed by atoms with Gasteiger partial charge in [-0.15, -0.1) is 0 Å². The van der Waals surface area contributed by atoms with Crippen molar-refractivity contribution in [3.63, 3.8) is 0 Å². The van der Waals surface area contributed by atoms with Gasteiger partial charge in [0.2, 0.25) is 0 Å². The van der Waals surface area contributed by atoms with Crippen molar-refractivity contribution >= 4 is 20.1 Å². The van der Waals surface area contributed by atoms with Gasteiger partial charge < -0.3 is 8.85 Å². The average molecular weight is 308 g/mol. The fourth-order valence-electron chi connectivity index (χ4n) is 2.46. The molecule has 1 rings (SSSR count). The maximum Gasteiger partial charge on any atom is 0.356 e. The van der Waals surface area contributed by atoms with Gasteiger partial charge in [0.1, 0.15) is 11.3 Å². The second kappa shape index (κ2) is 7.63. The molecule has 0 saturated carbocycles. The number of Topliss-reactive ketones (excluding diaryl/α,β-unsaturated/α-hetero) is 2. The maximum atomic E-state index is 12.9. The zero-order valence-corrected chi connectivity index (χ0v) is 14.4. The molecule has 1 unspecified atom stereocenters. The lowest BCUT2D eigenvalue weighted by Crippen LogP contribution is -2.51. The number of carbonyl (C=O) groups excluding carboxylic acids is 2. The first kappa shape index (κ1) is 17.7. The third kappa shape index (κ3) is 3.67. The fourth-order valence-corrected chi connectivity index (χ4v) is 5.42. The van der Waals surface area contributed by atoms with E-state index in [1.165, 1.54) is 14.2 Å². The van der Waals surface area contributed by atoms with Crippen molar-refractivity contribution in [1.29, 1.82) is 0 Å². The van der Waals surface area contributed by atoms with Crippen LogP contribution in [0.4, 0.5) is 0 Å². The minimum atomic E-state index is -2.92. The Morgan fingerprint density at radius 3 is 2.00 bits per heavy atom. The SMILES string of the molecule is CC[Si](OC)(OC)C(C(=O)c1ccccc1)C(=O)C(C)C. The van der Waals surface area contributed by atoms with E-state index in [1.54, 1.807) is 38.1 Å². The molecule has 0 fully saturated rings. The number of carbonyl (C=O) groups is 2. The molecule has 0 N–H and O–H groups in total. The quantitative estimate of drug-likeness (QED) is 0.420. The smallest absolute Gasteiger partial charge is 0.356 e. The Labute approximate surface area is 127 Å². The highest BCUT2D eigenvalue weighted by molar-refractivity contribution is 6.77. The molecule has 0 bridgehead atoms. The second-order valence-corrected chi connectivity index (χ2v) is 9.02. The summed E-state index contributed by atoms with van der Waals surface area (Å²) in [7, 11) is 0.134. The zero-order chi connectivity index (χ0) is 16.0. The first-order chi connectivity index (χ1) is 9.93. The monoisotopic (exact) mass is 308 g/mol. The van der Waals surface area contributed by atoms with E-state index in [1.807, 2.05) is 13.0 Å². The normalized spacial score (nSPS) is 13.2. The van der Waals surface area contributed by atoms with Crippen molar-refractivity contribution in [2.24, 2.45) is 5.92 Å². The third-order valence-corrected chi connectivity index (χ3v) is 7.59. The van der Waals surface area contributed by atoms with Crippen LogP contribution in [0.1, 0.15) is 31.1 Å². The topological polar surface area (TPSA) is 52.6 Å². The van der Waals surface area contributed by atoms with Crippen molar-refractivity contribution in [3.8, 4) is 0 Å². The molecule has 0 heterocycles. The Morgan fingerprint density at radius 2 is 1.62 bits per heavy atom. The van der Waals surface area contributed by atoms with Crippen LogP contribution in [0.2, 0.25) is 11.6 Å². The number of hydrogen-bond acceptors (Lipinski definition) is 4. The number of rotatable bonds is 8. The molecule has 1 atom stereocenters. The number of benzene rings is 1. The van der Waals surface area contributed by atoms with E-state index in [9.17, 15) is 9.59 Å². The molecule has 1 aromatic carbocycles. The van der Waals surface area contributed by atoms with Gasteiger partial charge in [-0.3, -0.25) is 9.59 Å². The van der Waals surface area contributed by atoms with E-state index in [-0.39, 0.29) is 17.5 Å². The molecular formula is C16H24O4Si. The summed E-state index contributed by atoms with van der Waals surface area (Å²) < 4.78 is 11.2. The molecule has 21 heavy (non-hydrogen) atoms. The summed E-state index contributed by atoms with van der Waals surface area (Å²) in [6.07, 6.45) is 0. The van der Waals surface area contributed by atoms with Crippen LogP contribution in [-0.4, -0.2) is 34.3 Å². The average Bonchev–Trinajstić information content (AvgIpc) is 2.52. The van der Waals surface area contributed by atoms with Gasteiger partial charge in [-0.1, -0.05) is 51.1 Å². The summed E-state index contributed by atoms with van der Waals surface area (Å²) in [6, 6.07) is 9.42. The van der Waals surface area contributed by atoms with E-state index in [0.29, 0.717) is 11.6 Å². The molecule has 0 aromatic heterocycles. The van der Waals surface area contributed by atoms with Crippen LogP contribution in [0.15, 0.2) is 30.3 Å². The predicted octanol–water partition coefficient (Wildman–Crippen LogP) is 3.22. The fraction of sp³-hybridized carbons (Fsp3) is 0.500. The Bertz CT molecular complexity index is 472. The highest BCUT2D eigenvalue weighted by Gasteiger charge is 2.51. The Morgan fingerprint density at radius 1 is 1.10 bits per heavy atom. The molecule has 1 aromatic rings. The van der Waals surface area contributed by atoms with E-state index in [4.69, 9.17) is 8.85 Å². The maximum absolute atomic E-state index is 12.9. The summed E-state index contributed by atoms with van der Waals surface area (Å²) in [5.41, 5.74) is -0.309.